The first-order valence-corrected chi connectivity index (χ1v) is 25.3. The van der Waals surface area contributed by atoms with Crippen molar-refractivity contribution in [2.24, 2.45) is 16.9 Å². The van der Waals surface area contributed by atoms with Crippen LogP contribution in [0.3, 0.4) is 0 Å². The molecule has 0 aliphatic rings. The molecule has 3 aromatic rings. The van der Waals surface area contributed by atoms with Crippen molar-refractivity contribution in [3.05, 3.63) is 83.7 Å². The van der Waals surface area contributed by atoms with Crippen LogP contribution in [0.4, 0.5) is 22.0 Å². The van der Waals surface area contributed by atoms with Gasteiger partial charge < -0.3 is 76.5 Å². The summed E-state index contributed by atoms with van der Waals surface area (Å²) in [6.45, 7) is 8.41. The minimum absolute atomic E-state index is 0.0111. The zero-order valence-corrected chi connectivity index (χ0v) is 44.8. The molecule has 0 saturated carbocycles. The fourth-order valence-electron chi connectivity index (χ4n) is 7.60. The van der Waals surface area contributed by atoms with E-state index in [1.807, 2.05) is 55.7 Å². The van der Waals surface area contributed by atoms with Crippen LogP contribution in [-0.4, -0.2) is 176 Å². The SMILES string of the molecule is CC(=O)N[C@@H](CCCCN)C(=O)NCCOCCOCCOCCOCCC(=O)NC[C@@H](NC(=O)[C@@H](N)CCN(C(=O)CO)[C@@H](c1cc(-c2cc(F)ccc2F)cn1Cc1ccccc1)C(C)(C)C)C(=O)O.O=C(O)C(F)(F)F. The topological polar surface area (TPSA) is 325 Å². The third-order valence-corrected chi connectivity index (χ3v) is 11.4. The molecule has 0 radical (unpaired) electrons. The molecular formula is C52H75F5N8O14. The average Bonchev–Trinajstić information content (AvgIpc) is 3.80. The van der Waals surface area contributed by atoms with Crippen LogP contribution < -0.4 is 32.7 Å². The van der Waals surface area contributed by atoms with Gasteiger partial charge >= 0.3 is 18.1 Å². The van der Waals surface area contributed by atoms with Gasteiger partial charge in [-0.25, -0.2) is 18.4 Å². The van der Waals surface area contributed by atoms with Gasteiger partial charge in [-0.1, -0.05) is 51.1 Å². The molecule has 2 aromatic carbocycles. The van der Waals surface area contributed by atoms with Gasteiger partial charge in [0.2, 0.25) is 29.5 Å². The number of nitrogens with one attached hydrogen (secondary N) is 4. The Hall–Kier alpha value is -6.62. The highest BCUT2D eigenvalue weighted by Gasteiger charge is 2.39. The molecule has 1 heterocycles. The van der Waals surface area contributed by atoms with Gasteiger partial charge in [-0.3, -0.25) is 24.0 Å². The highest BCUT2D eigenvalue weighted by Crippen LogP contribution is 2.41. The van der Waals surface area contributed by atoms with E-state index in [4.69, 9.17) is 40.3 Å². The number of halogens is 5. The number of unbranched alkanes of at least 4 members (excludes halogenated alkanes) is 1. The van der Waals surface area contributed by atoms with E-state index < -0.39 is 90.2 Å². The van der Waals surface area contributed by atoms with Crippen LogP contribution in [0.15, 0.2) is 60.8 Å². The smallest absolute Gasteiger partial charge is 0.480 e. The van der Waals surface area contributed by atoms with Crippen LogP contribution in [0.1, 0.15) is 77.1 Å². The number of hydrogen-bond donors (Lipinski definition) is 9. The molecule has 4 atom stereocenters. The summed E-state index contributed by atoms with van der Waals surface area (Å²) in [4.78, 5) is 85.5. The van der Waals surface area contributed by atoms with Gasteiger partial charge in [-0.15, -0.1) is 0 Å². The Kier molecular flexibility index (Phi) is 31.0. The highest BCUT2D eigenvalue weighted by molar-refractivity contribution is 5.88. The number of benzene rings is 2. The standard InChI is InChI=1S/C50H74F2N8O12.C2HF3O2/c1-34(62)57-41(12-8-9-17-53)48(66)55-18-21-70-23-25-72-27-26-71-24-22-69-20-16-44(63)56-30-42(49(67)68)58-47(65)40(54)15-19-60(45(64)33-61)46(50(2,3)4)43-28-36(38-29-37(51)13-14-39(38)52)32-59(43)31-35-10-6-5-7-11-35;3-2(4,5)1(6)7/h5-7,10-11,13-14,28-29,32,40-42,46,61H,8-9,12,15-27,30-31,33,53-54H2,1-4H3,(H,55,66)(H,56,63)(H,57,62)(H,58,65)(H,67,68);(H,6,7)/t40-,41-,42+,46-;/m0./s1. The number of nitrogens with zero attached hydrogens (tertiary/aromatic N) is 2. The first kappa shape index (κ1) is 68.5. The number of rotatable bonds is 35. The highest BCUT2D eigenvalue weighted by atomic mass is 19.4. The minimum Gasteiger partial charge on any atom is -0.480 e. The van der Waals surface area contributed by atoms with Crippen molar-refractivity contribution >= 4 is 41.5 Å². The van der Waals surface area contributed by atoms with Gasteiger partial charge in [0, 0.05) is 62.5 Å². The summed E-state index contributed by atoms with van der Waals surface area (Å²) in [7, 11) is 0. The summed E-state index contributed by atoms with van der Waals surface area (Å²) in [6, 6.07) is 9.88. The number of ether oxygens (including phenoxy) is 4. The second-order valence-electron chi connectivity index (χ2n) is 18.8. The number of carbonyl (C=O) groups is 7. The number of carbonyl (C=O) groups excluding carboxylic acids is 5. The number of nitrogens with two attached hydrogens (primary N) is 2. The van der Waals surface area contributed by atoms with Crippen molar-refractivity contribution in [2.75, 3.05) is 85.6 Å². The number of aromatic nitrogens is 1. The van der Waals surface area contributed by atoms with Crippen LogP contribution in [0, 0.1) is 17.0 Å². The molecule has 79 heavy (non-hydrogen) atoms. The molecule has 0 bridgehead atoms. The number of aliphatic hydroxyl groups is 1. The Labute approximate surface area is 455 Å². The van der Waals surface area contributed by atoms with Crippen molar-refractivity contribution in [1.29, 1.82) is 0 Å². The lowest BCUT2D eigenvalue weighted by molar-refractivity contribution is -0.192. The van der Waals surface area contributed by atoms with Crippen LogP contribution >= 0.6 is 0 Å². The molecule has 442 valence electrons. The maximum atomic E-state index is 15.1. The van der Waals surface area contributed by atoms with Gasteiger partial charge in [0.25, 0.3) is 0 Å². The van der Waals surface area contributed by atoms with Gasteiger partial charge in [0.15, 0.2) is 0 Å². The molecule has 0 saturated heterocycles. The van der Waals surface area contributed by atoms with Gasteiger partial charge in [-0.2, -0.15) is 13.2 Å². The van der Waals surface area contributed by atoms with E-state index in [9.17, 15) is 56.5 Å². The molecule has 22 nitrogen and oxygen atoms in total. The predicted octanol–water partition coefficient (Wildman–Crippen LogP) is 2.63. The molecular weight excluding hydrogens is 1060 g/mol. The lowest BCUT2D eigenvalue weighted by atomic mass is 9.82. The Balaban J connectivity index is 0.00000284. The van der Waals surface area contributed by atoms with Crippen LogP contribution in [0.2, 0.25) is 0 Å². The summed E-state index contributed by atoms with van der Waals surface area (Å²) in [5.74, 6) is -8.12. The second-order valence-corrected chi connectivity index (χ2v) is 18.8. The zero-order valence-electron chi connectivity index (χ0n) is 44.8. The molecule has 3 rings (SSSR count). The first-order chi connectivity index (χ1) is 37.3. The summed E-state index contributed by atoms with van der Waals surface area (Å²) in [5.41, 5.74) is 12.8. The Morgan fingerprint density at radius 3 is 1.90 bits per heavy atom. The van der Waals surface area contributed by atoms with Crippen molar-refractivity contribution < 1.29 is 89.8 Å². The molecule has 5 amide bonds. The number of carboxylic acids is 2. The summed E-state index contributed by atoms with van der Waals surface area (Å²) in [5, 5.41) is 37.3. The monoisotopic (exact) mass is 1130 g/mol. The first-order valence-electron chi connectivity index (χ1n) is 25.3. The normalized spacial score (nSPS) is 13.0. The van der Waals surface area contributed by atoms with E-state index in [0.717, 1.165) is 36.6 Å². The van der Waals surface area contributed by atoms with Crippen LogP contribution in [-0.2, 0) is 59.1 Å². The minimum atomic E-state index is -5.08. The number of alkyl halides is 3. The molecule has 11 N–H and O–H groups in total. The van der Waals surface area contributed by atoms with E-state index >= 15 is 4.39 Å². The number of carboxylic acid groups (broad SMARTS) is 2. The average molecular weight is 1130 g/mol. The molecule has 0 spiro atoms. The largest absolute Gasteiger partial charge is 0.490 e. The fourth-order valence-corrected chi connectivity index (χ4v) is 7.60. The lowest BCUT2D eigenvalue weighted by Crippen LogP contribution is -2.53. The fraction of sp³-hybridized carbons (Fsp3) is 0.558. The predicted molar refractivity (Wildman–Crippen MR) is 277 cm³/mol. The van der Waals surface area contributed by atoms with E-state index in [1.54, 1.807) is 12.3 Å². The third-order valence-electron chi connectivity index (χ3n) is 11.4. The van der Waals surface area contributed by atoms with Crippen molar-refractivity contribution in [3.63, 3.8) is 0 Å². The van der Waals surface area contributed by atoms with E-state index in [1.165, 1.54) is 11.8 Å². The van der Waals surface area contributed by atoms with Crippen LogP contribution in [0.25, 0.3) is 11.1 Å². The number of aliphatic carboxylic acids is 2. The van der Waals surface area contributed by atoms with Crippen molar-refractivity contribution in [1.82, 2.24) is 30.7 Å². The Morgan fingerprint density at radius 2 is 1.35 bits per heavy atom. The maximum absolute atomic E-state index is 15.1. The summed E-state index contributed by atoms with van der Waals surface area (Å²) >= 11 is 0. The number of amides is 5. The molecule has 0 unspecified atom stereocenters. The van der Waals surface area contributed by atoms with Crippen molar-refractivity contribution in [2.45, 2.75) is 96.7 Å². The summed E-state index contributed by atoms with van der Waals surface area (Å²) < 4.78 is 84.9. The Bertz CT molecular complexity index is 2370. The van der Waals surface area contributed by atoms with Gasteiger partial charge in [-0.05, 0) is 67.5 Å². The van der Waals surface area contributed by atoms with Crippen LogP contribution in [0.5, 0.6) is 0 Å². The lowest BCUT2D eigenvalue weighted by Gasteiger charge is -2.41. The zero-order chi connectivity index (χ0) is 59.1. The number of hydrogen-bond acceptors (Lipinski definition) is 14. The van der Waals surface area contributed by atoms with E-state index in [0.29, 0.717) is 50.6 Å². The molecule has 27 heteroatoms. The second kappa shape index (κ2) is 35.8. The van der Waals surface area contributed by atoms with Gasteiger partial charge in [0.1, 0.15) is 30.3 Å². The Morgan fingerprint density at radius 1 is 0.759 bits per heavy atom. The molecule has 0 aliphatic heterocycles. The third kappa shape index (κ3) is 26.7. The molecule has 0 aliphatic carbocycles. The quantitative estimate of drug-likeness (QED) is 0.0302. The van der Waals surface area contributed by atoms with E-state index in [-0.39, 0.29) is 76.3 Å². The molecule has 1 aromatic heterocycles. The van der Waals surface area contributed by atoms with Crippen molar-refractivity contribution in [3.8, 4) is 11.1 Å². The van der Waals surface area contributed by atoms with E-state index in [2.05, 4.69) is 21.3 Å². The maximum Gasteiger partial charge on any atom is 0.490 e. The van der Waals surface area contributed by atoms with Gasteiger partial charge in [0.05, 0.1) is 64.9 Å². The summed E-state index contributed by atoms with van der Waals surface area (Å²) in [6.07, 6.45) is -1.71. The molecule has 0 fully saturated rings. The number of aliphatic hydroxyl groups excluding tert-OH is 1.